The van der Waals surface area contributed by atoms with Gasteiger partial charge >= 0.3 is 0 Å². The number of fused-ring (bicyclic) bond motifs is 3. The van der Waals surface area contributed by atoms with Crippen molar-refractivity contribution in [2.75, 3.05) is 42.9 Å². The third-order valence-electron chi connectivity index (χ3n) is 6.56. The maximum Gasteiger partial charge on any atom is 0.265 e. The molecule has 1 saturated heterocycles. The second-order valence-corrected chi connectivity index (χ2v) is 8.47. The number of anilines is 2. The van der Waals surface area contributed by atoms with Gasteiger partial charge in [0.25, 0.3) is 5.91 Å². The van der Waals surface area contributed by atoms with Crippen molar-refractivity contribution in [1.82, 2.24) is 4.90 Å². The van der Waals surface area contributed by atoms with Crippen molar-refractivity contribution in [3.8, 4) is 5.75 Å². The van der Waals surface area contributed by atoms with E-state index in [4.69, 9.17) is 4.74 Å². The SMILES string of the molecule is O=C1Nc2c(ccc3c2CCC3)OC1CCCN1CCN(c2ccc(F)cc2)CC1. The maximum absolute atomic E-state index is 13.1. The van der Waals surface area contributed by atoms with Crippen molar-refractivity contribution in [2.24, 2.45) is 0 Å². The van der Waals surface area contributed by atoms with Crippen LogP contribution in [-0.2, 0) is 17.6 Å². The van der Waals surface area contributed by atoms with E-state index < -0.39 is 6.10 Å². The zero-order chi connectivity index (χ0) is 20.5. The molecule has 3 aliphatic rings. The molecular formula is C24H28FN3O2. The van der Waals surface area contributed by atoms with Gasteiger partial charge in [-0.2, -0.15) is 0 Å². The van der Waals surface area contributed by atoms with Gasteiger partial charge in [-0.25, -0.2) is 4.39 Å². The minimum atomic E-state index is -0.405. The van der Waals surface area contributed by atoms with Crippen molar-refractivity contribution in [3.05, 3.63) is 53.3 Å². The molecule has 0 saturated carbocycles. The quantitative estimate of drug-likeness (QED) is 0.819. The number of carbonyl (C=O) groups is 1. The monoisotopic (exact) mass is 409 g/mol. The van der Waals surface area contributed by atoms with Crippen LogP contribution < -0.4 is 15.0 Å². The van der Waals surface area contributed by atoms with Gasteiger partial charge in [-0.3, -0.25) is 9.69 Å². The normalized spacial score (nSPS) is 21.0. The molecule has 1 N–H and O–H groups in total. The minimum Gasteiger partial charge on any atom is -0.478 e. The summed E-state index contributed by atoms with van der Waals surface area (Å²) in [4.78, 5) is 17.3. The van der Waals surface area contributed by atoms with Crippen LogP contribution in [0.4, 0.5) is 15.8 Å². The summed E-state index contributed by atoms with van der Waals surface area (Å²) in [6, 6.07) is 10.9. The Morgan fingerprint density at radius 3 is 2.63 bits per heavy atom. The molecular weight excluding hydrogens is 381 g/mol. The first-order valence-electron chi connectivity index (χ1n) is 11.0. The van der Waals surface area contributed by atoms with Crippen LogP contribution in [0.5, 0.6) is 5.75 Å². The Labute approximate surface area is 176 Å². The van der Waals surface area contributed by atoms with Crippen molar-refractivity contribution in [2.45, 2.75) is 38.2 Å². The lowest BCUT2D eigenvalue weighted by molar-refractivity contribution is -0.123. The number of hydrogen-bond donors (Lipinski definition) is 1. The van der Waals surface area contributed by atoms with Crippen LogP contribution in [0.1, 0.15) is 30.4 Å². The number of ether oxygens (including phenoxy) is 1. The molecule has 1 atom stereocenters. The molecule has 1 aliphatic carbocycles. The van der Waals surface area contributed by atoms with Crippen LogP contribution in [0, 0.1) is 5.82 Å². The highest BCUT2D eigenvalue weighted by Crippen LogP contribution is 2.39. The Hall–Kier alpha value is -2.60. The average Bonchev–Trinajstić information content (AvgIpc) is 3.25. The first-order valence-corrected chi connectivity index (χ1v) is 11.0. The lowest BCUT2D eigenvalue weighted by atomic mass is 10.0. The number of rotatable bonds is 5. The van der Waals surface area contributed by atoms with Gasteiger partial charge < -0.3 is 15.0 Å². The first-order chi connectivity index (χ1) is 14.7. The van der Waals surface area contributed by atoms with Crippen LogP contribution in [0.3, 0.4) is 0 Å². The van der Waals surface area contributed by atoms with Crippen LogP contribution >= 0.6 is 0 Å². The third kappa shape index (κ3) is 3.88. The van der Waals surface area contributed by atoms with E-state index in [1.165, 1.54) is 23.3 Å². The van der Waals surface area contributed by atoms with Crippen LogP contribution in [0.2, 0.25) is 0 Å². The van der Waals surface area contributed by atoms with Crippen molar-refractivity contribution < 1.29 is 13.9 Å². The average molecular weight is 410 g/mol. The summed E-state index contributed by atoms with van der Waals surface area (Å²) in [5.74, 6) is 0.621. The predicted octanol–water partition coefficient (Wildman–Crippen LogP) is 3.62. The molecule has 5 nitrogen and oxygen atoms in total. The molecule has 1 unspecified atom stereocenters. The van der Waals surface area contributed by atoms with Crippen molar-refractivity contribution in [1.29, 1.82) is 0 Å². The van der Waals surface area contributed by atoms with E-state index in [-0.39, 0.29) is 11.7 Å². The molecule has 1 fully saturated rings. The highest BCUT2D eigenvalue weighted by Gasteiger charge is 2.31. The molecule has 30 heavy (non-hydrogen) atoms. The maximum atomic E-state index is 13.1. The van der Waals surface area contributed by atoms with Gasteiger partial charge in [-0.05, 0) is 80.1 Å². The van der Waals surface area contributed by atoms with Crippen molar-refractivity contribution in [3.63, 3.8) is 0 Å². The fourth-order valence-corrected chi connectivity index (χ4v) is 4.86. The molecule has 2 aromatic carbocycles. The highest BCUT2D eigenvalue weighted by molar-refractivity contribution is 5.98. The zero-order valence-electron chi connectivity index (χ0n) is 17.2. The lowest BCUT2D eigenvalue weighted by Crippen LogP contribution is -2.47. The van der Waals surface area contributed by atoms with Gasteiger partial charge in [-0.15, -0.1) is 0 Å². The van der Waals surface area contributed by atoms with Crippen molar-refractivity contribution >= 4 is 17.3 Å². The smallest absolute Gasteiger partial charge is 0.265 e. The van der Waals surface area contributed by atoms with E-state index in [1.54, 1.807) is 0 Å². The molecule has 2 heterocycles. The summed E-state index contributed by atoms with van der Waals surface area (Å²) in [7, 11) is 0. The molecule has 5 rings (SSSR count). The van der Waals surface area contributed by atoms with E-state index in [0.29, 0.717) is 0 Å². The zero-order valence-corrected chi connectivity index (χ0v) is 17.2. The topological polar surface area (TPSA) is 44.8 Å². The molecule has 2 aromatic rings. The largest absolute Gasteiger partial charge is 0.478 e. The van der Waals surface area contributed by atoms with Gasteiger partial charge in [0.05, 0.1) is 5.69 Å². The van der Waals surface area contributed by atoms with E-state index >= 15 is 0 Å². The summed E-state index contributed by atoms with van der Waals surface area (Å²) in [5, 5.41) is 3.12. The van der Waals surface area contributed by atoms with Gasteiger partial charge in [0.1, 0.15) is 11.6 Å². The van der Waals surface area contributed by atoms with E-state index in [0.717, 1.165) is 82.0 Å². The number of hydrogen-bond acceptors (Lipinski definition) is 4. The summed E-state index contributed by atoms with van der Waals surface area (Å²) in [6.07, 6.45) is 4.51. The molecule has 0 spiro atoms. The fourth-order valence-electron chi connectivity index (χ4n) is 4.86. The first kappa shape index (κ1) is 19.4. The van der Waals surface area contributed by atoms with Crippen LogP contribution in [-0.4, -0.2) is 49.6 Å². The number of piperazine rings is 1. The highest BCUT2D eigenvalue weighted by atomic mass is 19.1. The Balaban J connectivity index is 1.10. The van der Waals surface area contributed by atoms with E-state index in [1.807, 2.05) is 18.2 Å². The summed E-state index contributed by atoms with van der Waals surface area (Å²) >= 11 is 0. The summed E-state index contributed by atoms with van der Waals surface area (Å²) in [5.41, 5.74) is 4.59. The number of carbonyl (C=O) groups excluding carboxylic acids is 1. The van der Waals surface area contributed by atoms with Gasteiger partial charge in [0.2, 0.25) is 0 Å². The van der Waals surface area contributed by atoms with E-state index in [2.05, 4.69) is 21.2 Å². The number of halogens is 1. The van der Waals surface area contributed by atoms with Crippen LogP contribution in [0.15, 0.2) is 36.4 Å². The predicted molar refractivity (Wildman–Crippen MR) is 116 cm³/mol. The van der Waals surface area contributed by atoms with Crippen LogP contribution in [0.25, 0.3) is 0 Å². The fraction of sp³-hybridized carbons (Fsp3) is 0.458. The van der Waals surface area contributed by atoms with E-state index in [9.17, 15) is 9.18 Å². The summed E-state index contributed by atoms with van der Waals surface area (Å²) < 4.78 is 19.2. The molecule has 0 radical (unpaired) electrons. The Morgan fingerprint density at radius 1 is 1.03 bits per heavy atom. The number of aryl methyl sites for hydroxylation is 1. The molecule has 6 heteroatoms. The van der Waals surface area contributed by atoms with Gasteiger partial charge in [0, 0.05) is 31.9 Å². The molecule has 2 aliphatic heterocycles. The lowest BCUT2D eigenvalue weighted by Gasteiger charge is -2.36. The molecule has 0 bridgehead atoms. The summed E-state index contributed by atoms with van der Waals surface area (Å²) in [6.45, 7) is 4.78. The molecule has 0 aromatic heterocycles. The molecule has 1 amide bonds. The number of benzene rings is 2. The second kappa shape index (κ2) is 8.26. The second-order valence-electron chi connectivity index (χ2n) is 8.47. The van der Waals surface area contributed by atoms with Gasteiger partial charge in [-0.1, -0.05) is 6.07 Å². The standard InChI is InChI=1S/C24H28FN3O2/c25-18-7-9-19(10-8-18)28-15-13-27(14-16-28)12-2-5-22-24(29)26-23-20-4-1-3-17(20)6-11-21(23)30-22/h6-11,22H,1-5,12-16H2,(H,26,29). The number of amides is 1. The van der Waals surface area contributed by atoms with Gasteiger partial charge in [0.15, 0.2) is 6.10 Å². The number of nitrogens with zero attached hydrogens (tertiary/aromatic N) is 2. The molecule has 158 valence electrons. The Morgan fingerprint density at radius 2 is 1.83 bits per heavy atom. The number of nitrogens with one attached hydrogen (secondary N) is 1. The Bertz CT molecular complexity index is 923. The Kier molecular flexibility index (Phi) is 5.34. The minimum absolute atomic E-state index is 0.0103. The third-order valence-corrected chi connectivity index (χ3v) is 6.56.